The van der Waals surface area contributed by atoms with Crippen molar-refractivity contribution in [3.05, 3.63) is 132 Å². The maximum absolute atomic E-state index is 13.2. The number of nitrogens with zero attached hydrogens (tertiary/aromatic N) is 4. The number of carbonyl (C=O) groups excluding carboxylic acids is 10. The van der Waals surface area contributed by atoms with Crippen LogP contribution in [0.1, 0.15) is 193 Å². The minimum Gasteiger partial charge on any atom is -1.00 e. The molecule has 2 aliphatic rings. The molecule has 4 aromatic rings. The molecule has 2 aromatic heterocycles. The molecule has 0 saturated carbocycles. The average Bonchev–Trinajstić information content (AvgIpc) is 1.01. The first kappa shape index (κ1) is 83.6. The van der Waals surface area contributed by atoms with Crippen molar-refractivity contribution in [2.45, 2.75) is 208 Å². The Morgan fingerprint density at radius 1 is 0.615 bits per heavy atom. The van der Waals surface area contributed by atoms with Gasteiger partial charge in [-0.2, -0.15) is 23.7 Å². The smallest absolute Gasteiger partial charge is 0.414 e. The van der Waals surface area contributed by atoms with Gasteiger partial charge in [0.15, 0.2) is 30.3 Å². The lowest BCUT2D eigenvalue weighted by molar-refractivity contribution is -0.727. The van der Waals surface area contributed by atoms with E-state index in [1.807, 2.05) is 87.7 Å². The Bertz CT molecular complexity index is 2850. The highest BCUT2D eigenvalue weighted by Crippen LogP contribution is 2.32. The molecule has 3 amide bonds. The number of ketones is 1. The number of esters is 2. The molecule has 0 bridgehead atoms. The quantitative estimate of drug-likeness (QED) is 0.0320. The Labute approximate surface area is 549 Å². The number of halogens is 2. The van der Waals surface area contributed by atoms with Crippen molar-refractivity contribution in [1.82, 2.24) is 20.1 Å². The molecule has 21 nitrogen and oxygen atoms in total. The first-order valence-electron chi connectivity index (χ1n) is 29.8. The first-order chi connectivity index (χ1) is 41.8. The maximum Gasteiger partial charge on any atom is 0.414 e. The van der Waals surface area contributed by atoms with Crippen LogP contribution in [-0.4, -0.2) is 136 Å². The lowest BCUT2D eigenvalue weighted by atomic mass is 9.87. The van der Waals surface area contributed by atoms with Crippen LogP contribution in [0.5, 0.6) is 0 Å². The van der Waals surface area contributed by atoms with Gasteiger partial charge in [-0.25, -0.2) is 14.4 Å². The van der Waals surface area contributed by atoms with Crippen molar-refractivity contribution in [1.29, 1.82) is 0 Å². The molecule has 2 saturated heterocycles. The van der Waals surface area contributed by atoms with E-state index in [4.69, 9.17) is 59.2 Å². The van der Waals surface area contributed by atoms with Gasteiger partial charge >= 0.3 is 36.4 Å². The number of pyridine rings is 2. The summed E-state index contributed by atoms with van der Waals surface area (Å²) in [7, 11) is 0. The molecule has 6 atom stereocenters. The normalized spacial score (nSPS) is 15.8. The standard InChI is InChI=1S/C33H47N2O6.C17H26N2O4.C15H20ClNO2.2CO2.CH4.ClH/c1-24(25-14-9-8-10-15-25)28-17-11-12-19-35(28)31(38)39-23-34-18-13-16-26(21-34)29(36)20-27(22-40-32(2,3)4)30(37)41-33(5,6)7;1-16(2,3)22-11-13(15(21)23-17(4,5)6)19-14(20)12-8-7-9-18-10-12;1-12(13-7-3-2-4-8-13)14-9-5-6-10-17(14)15(18)19-11-16;2*2-1-3;;/h8-10,13-16,18,21,24,27-28H,11-12,17,19-20,22-23H2,1-7H3;7-10,13H,11H2,1-6H3,(H,19,20);2-4,7-8,12,14H,5-6,9-11H2,1H3;;;1H4;1H/q+1;;;;;;/p-1/t24-,27+,28?;13-;12-,14?;;;;/m101..../s1. The van der Waals surface area contributed by atoms with E-state index in [1.54, 1.807) is 89.0 Å². The van der Waals surface area contributed by atoms with E-state index in [2.05, 4.69) is 48.4 Å². The minimum atomic E-state index is -0.888. The Morgan fingerprint density at radius 2 is 1.07 bits per heavy atom. The number of nitrogens with one attached hydrogen (secondary N) is 1. The summed E-state index contributed by atoms with van der Waals surface area (Å²) in [5.74, 6) is -1.84. The third-order valence-corrected chi connectivity index (χ3v) is 13.7. The van der Waals surface area contributed by atoms with Gasteiger partial charge in [-0.15, -0.1) is 0 Å². The van der Waals surface area contributed by atoms with Crippen LogP contribution in [0.3, 0.4) is 0 Å². The summed E-state index contributed by atoms with van der Waals surface area (Å²) in [5, 5.41) is 2.65. The molecule has 2 fully saturated rings. The van der Waals surface area contributed by atoms with E-state index < -0.39 is 52.2 Å². The van der Waals surface area contributed by atoms with Gasteiger partial charge in [-0.3, -0.25) is 19.4 Å². The maximum atomic E-state index is 13.2. The summed E-state index contributed by atoms with van der Waals surface area (Å²) in [5.41, 5.74) is 1.04. The van der Waals surface area contributed by atoms with E-state index in [0.29, 0.717) is 23.6 Å². The number of aromatic nitrogens is 2. The Kier molecular flexibility index (Phi) is 38.5. The van der Waals surface area contributed by atoms with Gasteiger partial charge in [0.25, 0.3) is 12.6 Å². The Morgan fingerprint density at radius 3 is 1.51 bits per heavy atom. The van der Waals surface area contributed by atoms with Crippen LogP contribution in [0.25, 0.3) is 0 Å². The van der Waals surface area contributed by atoms with E-state index in [-0.39, 0.29) is 101 Å². The summed E-state index contributed by atoms with van der Waals surface area (Å²) >= 11 is 5.49. The van der Waals surface area contributed by atoms with Gasteiger partial charge in [0.1, 0.15) is 11.2 Å². The number of carbonyl (C=O) groups is 6. The van der Waals surface area contributed by atoms with Crippen LogP contribution in [0.2, 0.25) is 0 Å². The van der Waals surface area contributed by atoms with E-state index >= 15 is 0 Å². The number of rotatable bonds is 18. The number of alkyl halides is 1. The molecule has 0 radical (unpaired) electrons. The van der Waals surface area contributed by atoms with Gasteiger partial charge in [0.05, 0.1) is 41.5 Å². The molecule has 504 valence electrons. The van der Waals surface area contributed by atoms with Crippen LogP contribution in [-0.2, 0) is 63.9 Å². The predicted molar refractivity (Wildman–Crippen MR) is 336 cm³/mol. The fourth-order valence-electron chi connectivity index (χ4n) is 9.38. The number of hydrogen-bond acceptors (Lipinski definition) is 17. The van der Waals surface area contributed by atoms with Crippen molar-refractivity contribution in [3.8, 4) is 0 Å². The third-order valence-electron chi connectivity index (χ3n) is 13.6. The summed E-state index contributed by atoms with van der Waals surface area (Å²) in [4.78, 5) is 116. The van der Waals surface area contributed by atoms with Gasteiger partial charge in [-0.05, 0) is 151 Å². The molecule has 1 N–H and O–H groups in total. The monoisotopic (exact) mass is 1310 g/mol. The van der Waals surface area contributed by atoms with Crippen molar-refractivity contribution in [3.63, 3.8) is 0 Å². The third kappa shape index (κ3) is 33.5. The molecule has 2 aromatic carbocycles. The van der Waals surface area contributed by atoms with Crippen LogP contribution < -0.4 is 22.3 Å². The summed E-state index contributed by atoms with van der Waals surface area (Å²) in [6, 6.07) is 26.6. The molecular formula is C68H97Cl2N5O16. The summed E-state index contributed by atoms with van der Waals surface area (Å²) in [6.45, 7) is 27.9. The van der Waals surface area contributed by atoms with Gasteiger partial charge in [-0.1, -0.05) is 93.5 Å². The SMILES string of the molecule is C.CC(C)(C)OC[C@H](NC(=O)c1cccnc1)C(=O)OC(C)(C)C.C[C@H](c1ccccc1)C1CCCCN1C(=O)OCCl.C[C@H](c1ccccc1)C1CCCCN1C(=O)OC[n+]1cccc(C(=O)C[C@@H](COC(C)(C)C)C(=O)OC(C)(C)C)c1.O=C=O.O=C=O.[Cl-]. The van der Waals surface area contributed by atoms with Crippen LogP contribution in [0, 0.1) is 5.92 Å². The zero-order chi connectivity index (χ0) is 67.0. The molecule has 23 heteroatoms. The minimum absolute atomic E-state index is 0. The summed E-state index contributed by atoms with van der Waals surface area (Å²) < 4.78 is 34.7. The molecular weight excluding hydrogens is 1210 g/mol. The molecule has 2 aliphatic heterocycles. The van der Waals surface area contributed by atoms with Crippen molar-refractivity contribution >= 4 is 59.7 Å². The number of benzene rings is 2. The number of piperidine rings is 2. The predicted octanol–water partition coefficient (Wildman–Crippen LogP) is 8.86. The number of hydrogen-bond donors (Lipinski definition) is 1. The lowest BCUT2D eigenvalue weighted by Gasteiger charge is -2.38. The second-order valence-electron chi connectivity index (χ2n) is 25.2. The zero-order valence-corrected chi connectivity index (χ0v) is 56.1. The van der Waals surface area contributed by atoms with Crippen molar-refractivity contribution in [2.75, 3.05) is 32.4 Å². The summed E-state index contributed by atoms with van der Waals surface area (Å²) in [6.07, 6.45) is 12.4. The molecule has 4 heterocycles. The molecule has 0 spiro atoms. The topological polar surface area (TPSA) is 261 Å². The van der Waals surface area contributed by atoms with Crippen molar-refractivity contribution in [2.24, 2.45) is 5.92 Å². The molecule has 6 rings (SSSR count). The first-order valence-corrected chi connectivity index (χ1v) is 30.3. The Hall–Kier alpha value is -7.38. The van der Waals surface area contributed by atoms with Gasteiger partial charge in [0, 0.05) is 61.9 Å². The van der Waals surface area contributed by atoms with Crippen LogP contribution >= 0.6 is 11.6 Å². The van der Waals surface area contributed by atoms with E-state index in [0.717, 1.165) is 45.1 Å². The molecule has 2 unspecified atom stereocenters. The molecule has 91 heavy (non-hydrogen) atoms. The fraction of sp³-hybridized carbons (Fsp3) is 0.559. The van der Waals surface area contributed by atoms with Gasteiger partial charge < -0.3 is 55.9 Å². The van der Waals surface area contributed by atoms with Gasteiger partial charge in [0.2, 0.25) is 0 Å². The fourth-order valence-corrected chi connectivity index (χ4v) is 9.47. The number of likely N-dealkylation sites (tertiary alicyclic amines) is 2. The van der Waals surface area contributed by atoms with Crippen LogP contribution in [0.15, 0.2) is 110 Å². The van der Waals surface area contributed by atoms with Crippen LogP contribution in [0.4, 0.5) is 9.59 Å². The molecule has 0 aliphatic carbocycles. The number of amides is 3. The lowest BCUT2D eigenvalue weighted by Crippen LogP contribution is -3.00. The highest BCUT2D eigenvalue weighted by molar-refractivity contribution is 6.17. The van der Waals surface area contributed by atoms with E-state index in [1.165, 1.54) is 17.3 Å². The average molecular weight is 1310 g/mol. The highest BCUT2D eigenvalue weighted by atomic mass is 35.5. The number of ether oxygens (including phenoxy) is 6. The van der Waals surface area contributed by atoms with Crippen molar-refractivity contribution < 1.29 is 93.3 Å². The van der Waals surface area contributed by atoms with E-state index in [9.17, 15) is 28.8 Å². The zero-order valence-electron chi connectivity index (χ0n) is 54.6. The largest absolute Gasteiger partial charge is 1.00 e. The second kappa shape index (κ2) is 41.9. The highest BCUT2D eigenvalue weighted by Gasteiger charge is 2.36. The second-order valence-corrected chi connectivity index (χ2v) is 25.5. The Balaban J connectivity index is 0.00000137. The number of Topliss-reactive ketones (excluding diaryl/α,β-unsaturated/α-hetero) is 1.